The SMILES string of the molecule is O=c1[nH]c(-c2cccc(C(F)(F)F)c2F)nc2ccccc12. The Balaban J connectivity index is 2.27. The average Bonchev–Trinajstić information content (AvgIpc) is 2.46. The quantitative estimate of drug-likeness (QED) is 0.696. The number of alkyl halides is 3. The molecule has 0 saturated heterocycles. The number of para-hydroxylation sites is 1. The molecule has 3 nitrogen and oxygen atoms in total. The standard InChI is InChI=1S/C15H8F4N2O/c16-12-9(5-3-6-10(12)15(17,18)19)13-20-11-7-2-1-4-8(11)14(22)21-13/h1-7H,(H,20,21,22). The van der Waals surface area contributed by atoms with Crippen LogP contribution in [0.4, 0.5) is 17.6 Å². The van der Waals surface area contributed by atoms with E-state index in [0.717, 1.165) is 12.1 Å². The third-order valence-electron chi connectivity index (χ3n) is 3.17. The second-order valence-corrected chi connectivity index (χ2v) is 4.60. The van der Waals surface area contributed by atoms with Crippen LogP contribution < -0.4 is 5.56 Å². The number of nitrogens with zero attached hydrogens (tertiary/aromatic N) is 1. The van der Waals surface area contributed by atoms with Crippen LogP contribution in [0.1, 0.15) is 5.56 Å². The maximum absolute atomic E-state index is 14.1. The molecule has 1 heterocycles. The van der Waals surface area contributed by atoms with Crippen LogP contribution in [0.15, 0.2) is 47.3 Å². The van der Waals surface area contributed by atoms with Crippen LogP contribution in [0.5, 0.6) is 0 Å². The number of rotatable bonds is 1. The summed E-state index contributed by atoms with van der Waals surface area (Å²) in [5.41, 5.74) is -2.08. The van der Waals surface area contributed by atoms with Gasteiger partial charge in [0.15, 0.2) is 0 Å². The Kier molecular flexibility index (Phi) is 3.20. The second-order valence-electron chi connectivity index (χ2n) is 4.60. The van der Waals surface area contributed by atoms with E-state index in [4.69, 9.17) is 0 Å². The maximum Gasteiger partial charge on any atom is 0.419 e. The molecule has 0 aliphatic carbocycles. The van der Waals surface area contributed by atoms with Crippen LogP contribution in [0.25, 0.3) is 22.3 Å². The summed E-state index contributed by atoms with van der Waals surface area (Å²) >= 11 is 0. The van der Waals surface area contributed by atoms with E-state index in [2.05, 4.69) is 9.97 Å². The van der Waals surface area contributed by atoms with Gasteiger partial charge in [0.05, 0.1) is 22.0 Å². The summed E-state index contributed by atoms with van der Waals surface area (Å²) in [6.07, 6.45) is -4.82. The minimum absolute atomic E-state index is 0.243. The van der Waals surface area contributed by atoms with Crippen LogP contribution in [0.2, 0.25) is 0 Å². The Labute approximate surface area is 121 Å². The first-order valence-corrected chi connectivity index (χ1v) is 6.23. The normalized spacial score (nSPS) is 11.8. The molecule has 0 aliphatic heterocycles. The fraction of sp³-hybridized carbons (Fsp3) is 0.0667. The van der Waals surface area contributed by atoms with Crippen LogP contribution in [-0.2, 0) is 6.18 Å². The van der Waals surface area contributed by atoms with Gasteiger partial charge in [-0.25, -0.2) is 9.37 Å². The number of hydrogen-bond donors (Lipinski definition) is 1. The van der Waals surface area contributed by atoms with Crippen LogP contribution in [0, 0.1) is 5.82 Å². The highest BCUT2D eigenvalue weighted by Crippen LogP contribution is 2.34. The molecule has 0 bridgehead atoms. The highest BCUT2D eigenvalue weighted by atomic mass is 19.4. The molecule has 0 atom stereocenters. The van der Waals surface area contributed by atoms with E-state index >= 15 is 0 Å². The van der Waals surface area contributed by atoms with Crippen molar-refractivity contribution in [2.45, 2.75) is 6.18 Å². The van der Waals surface area contributed by atoms with E-state index in [1.165, 1.54) is 12.1 Å². The van der Waals surface area contributed by atoms with Gasteiger partial charge in [-0.3, -0.25) is 4.79 Å². The number of aromatic amines is 1. The Bertz CT molecular complexity index is 915. The molecule has 0 spiro atoms. The topological polar surface area (TPSA) is 45.8 Å². The van der Waals surface area contributed by atoms with Crippen molar-refractivity contribution in [1.29, 1.82) is 0 Å². The van der Waals surface area contributed by atoms with Crippen LogP contribution in [0.3, 0.4) is 0 Å². The minimum Gasteiger partial charge on any atom is -0.306 e. The van der Waals surface area contributed by atoms with E-state index in [-0.39, 0.29) is 16.7 Å². The van der Waals surface area contributed by atoms with Gasteiger partial charge in [0, 0.05) is 0 Å². The molecule has 0 aliphatic rings. The van der Waals surface area contributed by atoms with E-state index in [1.54, 1.807) is 12.1 Å². The highest BCUT2D eigenvalue weighted by molar-refractivity contribution is 5.79. The summed E-state index contributed by atoms with van der Waals surface area (Å²) in [4.78, 5) is 18.3. The van der Waals surface area contributed by atoms with Gasteiger partial charge in [-0.1, -0.05) is 18.2 Å². The Hall–Kier alpha value is -2.70. The average molecular weight is 308 g/mol. The molecule has 1 N–H and O–H groups in total. The maximum atomic E-state index is 14.1. The summed E-state index contributed by atoms with van der Waals surface area (Å²) in [6.45, 7) is 0. The van der Waals surface area contributed by atoms with Gasteiger partial charge < -0.3 is 4.98 Å². The van der Waals surface area contributed by atoms with Crippen molar-refractivity contribution in [3.8, 4) is 11.4 Å². The van der Waals surface area contributed by atoms with Crippen LogP contribution >= 0.6 is 0 Å². The number of aromatic nitrogens is 2. The molecule has 22 heavy (non-hydrogen) atoms. The summed E-state index contributed by atoms with van der Waals surface area (Å²) < 4.78 is 52.3. The Morgan fingerprint density at radius 3 is 2.45 bits per heavy atom. The number of H-pyrrole nitrogens is 1. The van der Waals surface area contributed by atoms with Crippen LogP contribution in [-0.4, -0.2) is 9.97 Å². The molecule has 0 fully saturated rings. The summed E-state index contributed by atoms with van der Waals surface area (Å²) in [6, 6.07) is 9.14. The largest absolute Gasteiger partial charge is 0.419 e. The molecular weight excluding hydrogens is 300 g/mol. The molecule has 1 aromatic heterocycles. The van der Waals surface area contributed by atoms with Gasteiger partial charge in [0.2, 0.25) is 0 Å². The van der Waals surface area contributed by atoms with Gasteiger partial charge in [0.25, 0.3) is 5.56 Å². The van der Waals surface area contributed by atoms with Gasteiger partial charge in [-0.05, 0) is 24.3 Å². The number of hydrogen-bond acceptors (Lipinski definition) is 2. The fourth-order valence-electron chi connectivity index (χ4n) is 2.15. The van der Waals surface area contributed by atoms with Gasteiger partial charge >= 0.3 is 6.18 Å². The molecule has 2 aromatic carbocycles. The summed E-state index contributed by atoms with van der Waals surface area (Å²) in [7, 11) is 0. The predicted octanol–water partition coefficient (Wildman–Crippen LogP) is 3.75. The molecule has 7 heteroatoms. The van der Waals surface area contributed by atoms with Gasteiger partial charge in [0.1, 0.15) is 11.6 Å². The first-order valence-electron chi connectivity index (χ1n) is 6.23. The summed E-state index contributed by atoms with van der Waals surface area (Å²) in [5.74, 6) is -1.71. The van der Waals surface area contributed by atoms with Crippen molar-refractivity contribution in [3.63, 3.8) is 0 Å². The molecule has 3 rings (SSSR count). The summed E-state index contributed by atoms with van der Waals surface area (Å²) in [5, 5.41) is 0.277. The van der Waals surface area contributed by atoms with Gasteiger partial charge in [-0.15, -0.1) is 0 Å². The Morgan fingerprint density at radius 1 is 1.00 bits per heavy atom. The molecule has 0 saturated carbocycles. The monoisotopic (exact) mass is 308 g/mol. The third kappa shape index (κ3) is 2.34. The molecule has 0 amide bonds. The zero-order valence-corrected chi connectivity index (χ0v) is 10.9. The van der Waals surface area contributed by atoms with Crippen molar-refractivity contribution >= 4 is 10.9 Å². The molecule has 0 unspecified atom stereocenters. The fourth-order valence-corrected chi connectivity index (χ4v) is 2.15. The van der Waals surface area contributed by atoms with Crippen molar-refractivity contribution in [1.82, 2.24) is 9.97 Å². The number of fused-ring (bicyclic) bond motifs is 1. The van der Waals surface area contributed by atoms with E-state index < -0.39 is 28.7 Å². The molecule has 112 valence electrons. The van der Waals surface area contributed by atoms with Crippen molar-refractivity contribution < 1.29 is 17.6 Å². The lowest BCUT2D eigenvalue weighted by molar-refractivity contribution is -0.139. The van der Waals surface area contributed by atoms with E-state index in [9.17, 15) is 22.4 Å². The zero-order chi connectivity index (χ0) is 15.9. The molecule has 3 aromatic rings. The van der Waals surface area contributed by atoms with Crippen molar-refractivity contribution in [2.75, 3.05) is 0 Å². The van der Waals surface area contributed by atoms with Crippen molar-refractivity contribution in [3.05, 3.63) is 64.2 Å². The molecular formula is C15H8F4N2O. The predicted molar refractivity (Wildman–Crippen MR) is 72.8 cm³/mol. The number of benzene rings is 2. The number of halogens is 4. The lowest BCUT2D eigenvalue weighted by atomic mass is 10.1. The number of nitrogens with one attached hydrogen (secondary N) is 1. The minimum atomic E-state index is -4.82. The van der Waals surface area contributed by atoms with Crippen molar-refractivity contribution in [2.24, 2.45) is 0 Å². The highest BCUT2D eigenvalue weighted by Gasteiger charge is 2.35. The first-order chi connectivity index (χ1) is 10.4. The smallest absolute Gasteiger partial charge is 0.306 e. The van der Waals surface area contributed by atoms with E-state index in [1.807, 2.05) is 0 Å². The first kappa shape index (κ1) is 14.2. The zero-order valence-electron chi connectivity index (χ0n) is 10.9. The lowest BCUT2D eigenvalue weighted by Gasteiger charge is -2.11. The third-order valence-corrected chi connectivity index (χ3v) is 3.17. The Morgan fingerprint density at radius 2 is 1.73 bits per heavy atom. The van der Waals surface area contributed by atoms with Gasteiger partial charge in [-0.2, -0.15) is 13.2 Å². The molecule has 0 radical (unpaired) electrons. The lowest BCUT2D eigenvalue weighted by Crippen LogP contribution is -2.12. The second kappa shape index (κ2) is 4.94. The van der Waals surface area contributed by atoms with E-state index in [0.29, 0.717) is 6.07 Å².